The third kappa shape index (κ3) is 5.68. The third-order valence-electron chi connectivity index (χ3n) is 4.41. The van der Waals surface area contributed by atoms with Gasteiger partial charge in [0.2, 0.25) is 0 Å². The van der Waals surface area contributed by atoms with Crippen LogP contribution in [0, 0.1) is 0 Å². The fraction of sp³-hybridized carbons (Fsp3) is 0.500. The smallest absolute Gasteiger partial charge is 0.267 e. The van der Waals surface area contributed by atoms with Gasteiger partial charge in [-0.2, -0.15) is 0 Å². The molecule has 2 aromatic rings. The highest BCUT2D eigenvalue weighted by Crippen LogP contribution is 2.20. The number of hydrogen-bond donors (Lipinski definition) is 2. The summed E-state index contributed by atoms with van der Waals surface area (Å²) < 4.78 is 2.31. The number of likely N-dealkylation sites (N-methyl/N-ethyl adjacent to an activating group) is 1. The standard InChI is InChI=1S/C20H30N4O2/c1-4-5-6-7-8-19-21-17-15-16(10-12-20(25)22-26)9-11-18(17)24(19)14-13-23(2)3/h9-12,15,26H,4-8,13-14H2,1-3H3,(H,22,25). The SMILES string of the molecule is CCCCCCc1nc2cc(C=CC(=O)NO)ccc2n1CCN(C)C. The van der Waals surface area contributed by atoms with Crippen molar-refractivity contribution in [1.82, 2.24) is 19.9 Å². The molecule has 26 heavy (non-hydrogen) atoms. The van der Waals surface area contributed by atoms with Crippen LogP contribution in [0.3, 0.4) is 0 Å². The van der Waals surface area contributed by atoms with E-state index in [1.807, 2.05) is 12.1 Å². The highest BCUT2D eigenvalue weighted by atomic mass is 16.5. The maximum atomic E-state index is 11.2. The summed E-state index contributed by atoms with van der Waals surface area (Å²) in [7, 11) is 4.16. The van der Waals surface area contributed by atoms with Crippen molar-refractivity contribution in [3.05, 3.63) is 35.7 Å². The molecule has 6 heteroatoms. The molecule has 0 atom stereocenters. The normalized spacial score (nSPS) is 11.7. The number of benzene rings is 1. The molecule has 2 N–H and O–H groups in total. The van der Waals surface area contributed by atoms with E-state index in [-0.39, 0.29) is 0 Å². The summed E-state index contributed by atoms with van der Waals surface area (Å²) in [6.07, 6.45) is 8.84. The van der Waals surface area contributed by atoms with Crippen molar-refractivity contribution in [2.45, 2.75) is 45.6 Å². The first kappa shape index (κ1) is 20.1. The van der Waals surface area contributed by atoms with Crippen molar-refractivity contribution in [1.29, 1.82) is 0 Å². The van der Waals surface area contributed by atoms with Crippen LogP contribution < -0.4 is 5.48 Å². The van der Waals surface area contributed by atoms with Gasteiger partial charge in [-0.15, -0.1) is 0 Å². The molecule has 0 saturated heterocycles. The molecule has 0 aliphatic heterocycles. The maximum Gasteiger partial charge on any atom is 0.267 e. The Kier molecular flexibility index (Phi) is 7.81. The number of nitrogens with zero attached hydrogens (tertiary/aromatic N) is 3. The second-order valence-electron chi connectivity index (χ2n) is 6.85. The Morgan fingerprint density at radius 2 is 2.12 bits per heavy atom. The third-order valence-corrected chi connectivity index (χ3v) is 4.41. The molecule has 142 valence electrons. The van der Waals surface area contributed by atoms with Gasteiger partial charge in [-0.05, 0) is 44.3 Å². The number of unbranched alkanes of at least 4 members (excludes halogenated alkanes) is 3. The number of imidazole rings is 1. The number of rotatable bonds is 10. The molecule has 1 amide bonds. The second kappa shape index (κ2) is 10.1. The Hall–Kier alpha value is -2.18. The molecular formula is C20H30N4O2. The lowest BCUT2D eigenvalue weighted by molar-refractivity contribution is -0.124. The molecule has 0 bridgehead atoms. The monoisotopic (exact) mass is 358 g/mol. The van der Waals surface area contributed by atoms with Crippen LogP contribution in [0.2, 0.25) is 0 Å². The molecule has 0 aliphatic rings. The molecule has 1 aromatic heterocycles. The van der Waals surface area contributed by atoms with Crippen LogP contribution in [0.4, 0.5) is 0 Å². The van der Waals surface area contributed by atoms with E-state index in [0.717, 1.165) is 48.4 Å². The molecule has 1 heterocycles. The minimum Gasteiger partial charge on any atom is -0.327 e. The predicted octanol–water partition coefficient (Wildman–Crippen LogP) is 3.24. The van der Waals surface area contributed by atoms with Crippen LogP contribution in [0.25, 0.3) is 17.1 Å². The van der Waals surface area contributed by atoms with Gasteiger partial charge in [0.25, 0.3) is 5.91 Å². The van der Waals surface area contributed by atoms with Crippen molar-refractivity contribution in [3.8, 4) is 0 Å². The maximum absolute atomic E-state index is 11.2. The van der Waals surface area contributed by atoms with Gasteiger partial charge < -0.3 is 9.47 Å². The summed E-state index contributed by atoms with van der Waals surface area (Å²) in [5, 5.41) is 8.58. The first-order valence-electron chi connectivity index (χ1n) is 9.31. The fourth-order valence-corrected chi connectivity index (χ4v) is 2.96. The van der Waals surface area contributed by atoms with E-state index in [9.17, 15) is 4.79 Å². The average Bonchev–Trinajstić information content (AvgIpc) is 2.98. The summed E-state index contributed by atoms with van der Waals surface area (Å²) in [5.41, 5.74) is 4.55. The Balaban J connectivity index is 2.26. The lowest BCUT2D eigenvalue weighted by atomic mass is 10.1. The zero-order valence-corrected chi connectivity index (χ0v) is 16.0. The highest BCUT2D eigenvalue weighted by Gasteiger charge is 2.11. The molecule has 6 nitrogen and oxygen atoms in total. The molecule has 1 aromatic carbocycles. The summed E-state index contributed by atoms with van der Waals surface area (Å²) in [5.74, 6) is 0.588. The Labute approximate surface area is 155 Å². The minimum atomic E-state index is -0.543. The van der Waals surface area contributed by atoms with Gasteiger partial charge in [-0.3, -0.25) is 10.0 Å². The number of hydrogen-bond acceptors (Lipinski definition) is 4. The average molecular weight is 358 g/mol. The van der Waals surface area contributed by atoms with Crippen molar-refractivity contribution in [2.75, 3.05) is 20.6 Å². The van der Waals surface area contributed by atoms with Crippen molar-refractivity contribution < 1.29 is 10.0 Å². The van der Waals surface area contributed by atoms with Gasteiger partial charge in [0.1, 0.15) is 5.82 Å². The van der Waals surface area contributed by atoms with Crippen LogP contribution in [0.15, 0.2) is 24.3 Å². The van der Waals surface area contributed by atoms with E-state index in [0.29, 0.717) is 0 Å². The molecule has 0 saturated carbocycles. The largest absolute Gasteiger partial charge is 0.327 e. The molecule has 0 radical (unpaired) electrons. The molecule has 0 unspecified atom stereocenters. The quantitative estimate of drug-likeness (QED) is 0.296. The Bertz CT molecular complexity index is 750. The molecule has 0 fully saturated rings. The number of aryl methyl sites for hydroxylation is 1. The zero-order valence-electron chi connectivity index (χ0n) is 16.0. The van der Waals surface area contributed by atoms with E-state index < -0.39 is 5.91 Å². The number of nitrogens with one attached hydrogen (secondary N) is 1. The molecule has 0 aliphatic carbocycles. The summed E-state index contributed by atoms with van der Waals surface area (Å²) in [6.45, 7) is 4.10. The summed E-state index contributed by atoms with van der Waals surface area (Å²) >= 11 is 0. The second-order valence-corrected chi connectivity index (χ2v) is 6.85. The van der Waals surface area contributed by atoms with E-state index in [1.165, 1.54) is 25.3 Å². The number of aromatic nitrogens is 2. The molecule has 2 rings (SSSR count). The van der Waals surface area contributed by atoms with Crippen molar-refractivity contribution in [2.24, 2.45) is 0 Å². The van der Waals surface area contributed by atoms with Crippen LogP contribution in [-0.2, 0) is 17.8 Å². The van der Waals surface area contributed by atoms with Gasteiger partial charge in [0, 0.05) is 25.6 Å². The summed E-state index contributed by atoms with van der Waals surface area (Å²) in [4.78, 5) is 18.2. The van der Waals surface area contributed by atoms with Crippen LogP contribution in [-0.4, -0.2) is 46.2 Å². The number of amides is 1. The lowest BCUT2D eigenvalue weighted by Crippen LogP contribution is -2.19. The number of carbonyl (C=O) groups is 1. The molecular weight excluding hydrogens is 328 g/mol. The van der Waals surface area contributed by atoms with Gasteiger partial charge in [0.05, 0.1) is 11.0 Å². The minimum absolute atomic E-state index is 0.543. The Morgan fingerprint density at radius 3 is 2.81 bits per heavy atom. The van der Waals surface area contributed by atoms with Gasteiger partial charge in [-0.1, -0.05) is 32.3 Å². The topological polar surface area (TPSA) is 70.4 Å². The molecule has 0 spiro atoms. The highest BCUT2D eigenvalue weighted by molar-refractivity contribution is 5.91. The van der Waals surface area contributed by atoms with Crippen molar-refractivity contribution in [3.63, 3.8) is 0 Å². The first-order valence-corrected chi connectivity index (χ1v) is 9.31. The lowest BCUT2D eigenvalue weighted by Gasteiger charge is -2.13. The van der Waals surface area contributed by atoms with Crippen molar-refractivity contribution >= 4 is 23.0 Å². The van der Waals surface area contributed by atoms with Crippen LogP contribution in [0.5, 0.6) is 0 Å². The van der Waals surface area contributed by atoms with Gasteiger partial charge in [0.15, 0.2) is 0 Å². The van der Waals surface area contributed by atoms with Crippen LogP contribution in [0.1, 0.15) is 44.0 Å². The van der Waals surface area contributed by atoms with E-state index in [1.54, 1.807) is 11.6 Å². The van der Waals surface area contributed by atoms with E-state index in [4.69, 9.17) is 10.2 Å². The predicted molar refractivity (Wildman–Crippen MR) is 105 cm³/mol. The summed E-state index contributed by atoms with van der Waals surface area (Å²) in [6, 6.07) is 6.01. The van der Waals surface area contributed by atoms with Crippen LogP contribution >= 0.6 is 0 Å². The number of fused-ring (bicyclic) bond motifs is 1. The fourth-order valence-electron chi connectivity index (χ4n) is 2.96. The Morgan fingerprint density at radius 1 is 1.31 bits per heavy atom. The van der Waals surface area contributed by atoms with Gasteiger partial charge in [-0.25, -0.2) is 10.5 Å². The van der Waals surface area contributed by atoms with E-state index >= 15 is 0 Å². The number of hydroxylamine groups is 1. The number of carbonyl (C=O) groups excluding carboxylic acids is 1. The van der Waals surface area contributed by atoms with Gasteiger partial charge >= 0.3 is 0 Å². The zero-order chi connectivity index (χ0) is 18.9. The van der Waals surface area contributed by atoms with E-state index in [2.05, 4.69) is 36.6 Å². The first-order chi connectivity index (χ1) is 12.5.